The lowest BCUT2D eigenvalue weighted by atomic mass is 10.0. The van der Waals surface area contributed by atoms with Crippen LogP contribution in [0.15, 0.2) is 18.2 Å². The molecule has 1 saturated heterocycles. The predicted molar refractivity (Wildman–Crippen MR) is 56.5 cm³/mol. The minimum absolute atomic E-state index is 0.113. The molecule has 0 spiro atoms. The predicted octanol–water partition coefficient (Wildman–Crippen LogP) is -0.748. The summed E-state index contributed by atoms with van der Waals surface area (Å²) in [6, 6.07) is 3.85. The van der Waals surface area contributed by atoms with Crippen LogP contribution in [0.3, 0.4) is 0 Å². The Bertz CT molecular complexity index is 407. The van der Waals surface area contributed by atoms with Gasteiger partial charge >= 0.3 is 0 Å². The Labute approximate surface area is 97.3 Å². The van der Waals surface area contributed by atoms with Crippen LogP contribution in [0.5, 0.6) is 11.5 Å². The molecule has 0 bridgehead atoms. The van der Waals surface area contributed by atoms with Crippen molar-refractivity contribution in [1.82, 2.24) is 0 Å². The molecule has 1 aromatic rings. The van der Waals surface area contributed by atoms with Crippen molar-refractivity contribution in [1.29, 1.82) is 0 Å². The molecule has 5 N–H and O–H groups in total. The van der Waals surface area contributed by atoms with Crippen molar-refractivity contribution in [3.8, 4) is 11.5 Å². The van der Waals surface area contributed by atoms with E-state index in [-0.39, 0.29) is 17.1 Å². The smallest absolute Gasteiger partial charge is 0.125 e. The zero-order valence-electron chi connectivity index (χ0n) is 8.89. The fraction of sp³-hybridized carbons (Fsp3) is 0.455. The van der Waals surface area contributed by atoms with Crippen molar-refractivity contribution in [3.63, 3.8) is 0 Å². The van der Waals surface area contributed by atoms with Crippen LogP contribution < -0.4 is 0 Å². The van der Waals surface area contributed by atoms with Crippen LogP contribution in [0.2, 0.25) is 0 Å². The number of phenolic OH excluding ortho intramolecular Hbond substituents is 2. The van der Waals surface area contributed by atoms with Gasteiger partial charge in [-0.2, -0.15) is 0 Å². The molecule has 0 radical (unpaired) electrons. The highest BCUT2D eigenvalue weighted by Crippen LogP contribution is 2.38. The third kappa shape index (κ3) is 2.07. The molecule has 0 amide bonds. The summed E-state index contributed by atoms with van der Waals surface area (Å²) >= 11 is 0. The SMILES string of the molecule is OC[C@H]1O[C@@H](c2ccc(O)cc2O)[C@H](O)[C@@H]1O. The lowest BCUT2D eigenvalue weighted by molar-refractivity contribution is -0.0233. The Kier molecular flexibility index (Phi) is 3.21. The second-order valence-electron chi connectivity index (χ2n) is 4.00. The first-order chi connectivity index (χ1) is 8.04. The van der Waals surface area contributed by atoms with Gasteiger partial charge in [0.15, 0.2) is 0 Å². The highest BCUT2D eigenvalue weighted by molar-refractivity contribution is 5.41. The van der Waals surface area contributed by atoms with Gasteiger partial charge in [0.1, 0.15) is 35.9 Å². The molecule has 2 rings (SSSR count). The van der Waals surface area contributed by atoms with E-state index >= 15 is 0 Å². The summed E-state index contributed by atoms with van der Waals surface area (Å²) in [5.74, 6) is -0.349. The zero-order chi connectivity index (χ0) is 12.6. The second kappa shape index (κ2) is 4.50. The topological polar surface area (TPSA) is 110 Å². The number of rotatable bonds is 2. The number of aliphatic hydroxyl groups excluding tert-OH is 3. The van der Waals surface area contributed by atoms with Gasteiger partial charge in [0.2, 0.25) is 0 Å². The van der Waals surface area contributed by atoms with Gasteiger partial charge in [-0.05, 0) is 12.1 Å². The molecule has 17 heavy (non-hydrogen) atoms. The average molecular weight is 242 g/mol. The number of hydrogen-bond donors (Lipinski definition) is 5. The van der Waals surface area contributed by atoms with E-state index in [1.807, 2.05) is 0 Å². The summed E-state index contributed by atoms with van der Waals surface area (Å²) in [7, 11) is 0. The molecule has 4 atom stereocenters. The van der Waals surface area contributed by atoms with Gasteiger partial charge in [0.05, 0.1) is 6.61 Å². The van der Waals surface area contributed by atoms with E-state index < -0.39 is 31.0 Å². The van der Waals surface area contributed by atoms with E-state index in [1.54, 1.807) is 0 Å². The quantitative estimate of drug-likeness (QED) is 0.467. The molecule has 6 nitrogen and oxygen atoms in total. The summed E-state index contributed by atoms with van der Waals surface area (Å²) < 4.78 is 5.25. The minimum atomic E-state index is -1.23. The maximum absolute atomic E-state index is 9.75. The summed E-state index contributed by atoms with van der Waals surface area (Å²) in [6.45, 7) is -0.423. The van der Waals surface area contributed by atoms with Crippen LogP contribution in [-0.4, -0.2) is 50.5 Å². The largest absolute Gasteiger partial charge is 0.508 e. The molecule has 0 aromatic heterocycles. The summed E-state index contributed by atoms with van der Waals surface area (Å²) in [6.07, 6.45) is -4.26. The lowest BCUT2D eigenvalue weighted by Crippen LogP contribution is -2.32. The highest BCUT2D eigenvalue weighted by Gasteiger charge is 2.43. The van der Waals surface area contributed by atoms with Crippen LogP contribution in [0.4, 0.5) is 0 Å². The summed E-state index contributed by atoms with van der Waals surface area (Å²) in [5, 5.41) is 47.0. The molecular formula is C11H14O6. The number of aromatic hydroxyl groups is 2. The Morgan fingerprint density at radius 2 is 1.82 bits per heavy atom. The first kappa shape index (κ1) is 12.1. The average Bonchev–Trinajstić information content (AvgIpc) is 2.57. The Morgan fingerprint density at radius 3 is 2.35 bits per heavy atom. The van der Waals surface area contributed by atoms with Gasteiger partial charge in [-0.1, -0.05) is 0 Å². The van der Waals surface area contributed by atoms with E-state index in [9.17, 15) is 15.3 Å². The number of aliphatic hydroxyl groups is 3. The van der Waals surface area contributed by atoms with Crippen molar-refractivity contribution < 1.29 is 30.3 Å². The molecule has 1 aromatic carbocycles. The first-order valence-electron chi connectivity index (χ1n) is 5.19. The standard InChI is InChI=1S/C11H14O6/c12-4-8-9(15)10(16)11(17-8)6-2-1-5(13)3-7(6)14/h1-3,8-16H,4H2/t8-,9-,10-,11+/m1/s1. The molecule has 0 unspecified atom stereocenters. The third-order valence-electron chi connectivity index (χ3n) is 2.86. The maximum Gasteiger partial charge on any atom is 0.125 e. The van der Waals surface area contributed by atoms with Gasteiger partial charge in [0, 0.05) is 11.6 Å². The van der Waals surface area contributed by atoms with Crippen molar-refractivity contribution >= 4 is 0 Å². The number of phenols is 2. The molecule has 0 saturated carbocycles. The first-order valence-corrected chi connectivity index (χ1v) is 5.19. The molecular weight excluding hydrogens is 228 g/mol. The Balaban J connectivity index is 2.29. The maximum atomic E-state index is 9.75. The summed E-state index contributed by atoms with van der Waals surface area (Å²) in [4.78, 5) is 0. The van der Waals surface area contributed by atoms with E-state index in [0.717, 1.165) is 6.07 Å². The van der Waals surface area contributed by atoms with Gasteiger partial charge in [-0.25, -0.2) is 0 Å². The van der Waals surface area contributed by atoms with E-state index in [2.05, 4.69) is 0 Å². The van der Waals surface area contributed by atoms with Crippen molar-refractivity contribution in [2.24, 2.45) is 0 Å². The molecule has 6 heteroatoms. The van der Waals surface area contributed by atoms with Crippen molar-refractivity contribution in [2.45, 2.75) is 24.4 Å². The molecule has 0 aliphatic carbocycles. The van der Waals surface area contributed by atoms with Crippen LogP contribution >= 0.6 is 0 Å². The number of ether oxygens (including phenoxy) is 1. The van der Waals surface area contributed by atoms with E-state index in [1.165, 1.54) is 12.1 Å². The monoisotopic (exact) mass is 242 g/mol. The summed E-state index contributed by atoms with van der Waals surface area (Å²) in [5.41, 5.74) is 0.255. The van der Waals surface area contributed by atoms with Crippen molar-refractivity contribution in [3.05, 3.63) is 23.8 Å². The lowest BCUT2D eigenvalue weighted by Gasteiger charge is -2.16. The normalized spacial score (nSPS) is 32.9. The molecule has 1 heterocycles. The molecule has 94 valence electrons. The van der Waals surface area contributed by atoms with Crippen molar-refractivity contribution in [2.75, 3.05) is 6.61 Å². The Hall–Kier alpha value is -1.34. The van der Waals surface area contributed by atoms with Crippen LogP contribution in [0.1, 0.15) is 11.7 Å². The van der Waals surface area contributed by atoms with Gasteiger partial charge in [0.25, 0.3) is 0 Å². The fourth-order valence-corrected chi connectivity index (χ4v) is 1.93. The van der Waals surface area contributed by atoms with Crippen LogP contribution in [-0.2, 0) is 4.74 Å². The molecule has 1 fully saturated rings. The van der Waals surface area contributed by atoms with Gasteiger partial charge in [-0.3, -0.25) is 0 Å². The van der Waals surface area contributed by atoms with Crippen LogP contribution in [0, 0.1) is 0 Å². The van der Waals surface area contributed by atoms with Gasteiger partial charge in [-0.15, -0.1) is 0 Å². The fourth-order valence-electron chi connectivity index (χ4n) is 1.93. The number of hydrogen-bond acceptors (Lipinski definition) is 6. The Morgan fingerprint density at radius 1 is 1.12 bits per heavy atom. The minimum Gasteiger partial charge on any atom is -0.508 e. The highest BCUT2D eigenvalue weighted by atomic mass is 16.6. The van der Waals surface area contributed by atoms with E-state index in [4.69, 9.17) is 14.9 Å². The third-order valence-corrected chi connectivity index (χ3v) is 2.86. The number of benzene rings is 1. The zero-order valence-corrected chi connectivity index (χ0v) is 8.89. The van der Waals surface area contributed by atoms with E-state index in [0.29, 0.717) is 0 Å². The molecule has 1 aliphatic heterocycles. The second-order valence-corrected chi connectivity index (χ2v) is 4.00. The van der Waals surface area contributed by atoms with Gasteiger partial charge < -0.3 is 30.3 Å². The van der Waals surface area contributed by atoms with Crippen LogP contribution in [0.25, 0.3) is 0 Å². The molecule has 1 aliphatic rings.